The zero-order chi connectivity index (χ0) is 16.5. The van der Waals surface area contributed by atoms with Crippen LogP contribution < -0.4 is 20.1 Å². The lowest BCUT2D eigenvalue weighted by Gasteiger charge is -2.27. The Balaban J connectivity index is 1.85. The number of ether oxygens (including phenoxy) is 2. The number of rotatable bonds is 4. The first-order valence-electron chi connectivity index (χ1n) is 8.85. The molecule has 128 valence electrons. The predicted molar refractivity (Wildman–Crippen MR) is 96.4 cm³/mol. The van der Waals surface area contributed by atoms with Crippen LogP contribution in [0.4, 0.5) is 5.69 Å². The first-order chi connectivity index (χ1) is 11.8. The van der Waals surface area contributed by atoms with Gasteiger partial charge in [-0.2, -0.15) is 0 Å². The molecule has 1 aromatic carbocycles. The topological polar surface area (TPSA) is 55.4 Å². The minimum absolute atomic E-state index is 0.474. The second-order valence-corrected chi connectivity index (χ2v) is 6.68. The van der Waals surface area contributed by atoms with E-state index in [1.54, 1.807) is 14.2 Å². The van der Waals surface area contributed by atoms with E-state index in [-0.39, 0.29) is 0 Å². The first kappa shape index (κ1) is 15.5. The van der Waals surface area contributed by atoms with Crippen LogP contribution in [0.2, 0.25) is 0 Å². The molecule has 1 atom stereocenters. The molecule has 0 spiro atoms. The van der Waals surface area contributed by atoms with Crippen LogP contribution >= 0.6 is 0 Å². The van der Waals surface area contributed by atoms with Crippen LogP contribution in [0.15, 0.2) is 12.1 Å². The fourth-order valence-electron chi connectivity index (χ4n) is 3.93. The van der Waals surface area contributed by atoms with Crippen LogP contribution in [0.5, 0.6) is 11.5 Å². The van der Waals surface area contributed by atoms with E-state index in [4.69, 9.17) is 14.5 Å². The standard InChI is InChI=1S/C19H25N3O2/c1-23-17-9-14-16(10-18(17)24-2)22-15-7-3-6-13(15)19(14)21-12-5-4-8-20-11-12/h9-10,12,20H,3-8,11H2,1-2H3,(H,21,22)/t12-/m1/s1. The number of anilines is 1. The highest BCUT2D eigenvalue weighted by molar-refractivity contribution is 5.96. The summed E-state index contributed by atoms with van der Waals surface area (Å²) in [5.41, 5.74) is 4.86. The lowest BCUT2D eigenvalue weighted by atomic mass is 10.0. The molecule has 1 aliphatic carbocycles. The summed E-state index contributed by atoms with van der Waals surface area (Å²) in [7, 11) is 3.35. The van der Waals surface area contributed by atoms with Gasteiger partial charge >= 0.3 is 0 Å². The van der Waals surface area contributed by atoms with E-state index >= 15 is 0 Å². The molecule has 4 rings (SSSR count). The second-order valence-electron chi connectivity index (χ2n) is 6.68. The Hall–Kier alpha value is -2.01. The predicted octanol–water partition coefficient (Wildman–Crippen LogP) is 2.90. The Morgan fingerprint density at radius 2 is 1.96 bits per heavy atom. The van der Waals surface area contributed by atoms with Crippen molar-refractivity contribution in [2.75, 3.05) is 32.6 Å². The van der Waals surface area contributed by atoms with Gasteiger partial charge in [0.15, 0.2) is 11.5 Å². The quantitative estimate of drug-likeness (QED) is 0.904. The summed E-state index contributed by atoms with van der Waals surface area (Å²) in [6, 6.07) is 4.54. The second kappa shape index (κ2) is 6.48. The Labute approximate surface area is 142 Å². The maximum atomic E-state index is 5.52. The summed E-state index contributed by atoms with van der Waals surface area (Å²) in [6.07, 6.45) is 5.79. The van der Waals surface area contributed by atoms with Gasteiger partial charge in [-0.1, -0.05) is 0 Å². The number of hydrogen-bond acceptors (Lipinski definition) is 5. The summed E-state index contributed by atoms with van der Waals surface area (Å²) in [6.45, 7) is 2.14. The number of nitrogens with one attached hydrogen (secondary N) is 2. The molecule has 1 saturated heterocycles. The summed E-state index contributed by atoms with van der Waals surface area (Å²) in [5, 5.41) is 8.44. The van der Waals surface area contributed by atoms with Crippen molar-refractivity contribution in [2.45, 2.75) is 38.1 Å². The Morgan fingerprint density at radius 3 is 2.71 bits per heavy atom. The van der Waals surface area contributed by atoms with Gasteiger partial charge in [-0.25, -0.2) is 0 Å². The minimum atomic E-state index is 0.474. The van der Waals surface area contributed by atoms with Crippen molar-refractivity contribution in [1.29, 1.82) is 0 Å². The molecular formula is C19H25N3O2. The van der Waals surface area contributed by atoms with Crippen LogP contribution in [0.1, 0.15) is 30.5 Å². The summed E-state index contributed by atoms with van der Waals surface area (Å²) in [4.78, 5) is 4.90. The van der Waals surface area contributed by atoms with Crippen LogP contribution in [-0.2, 0) is 12.8 Å². The van der Waals surface area contributed by atoms with Crippen molar-refractivity contribution < 1.29 is 9.47 Å². The molecule has 1 aromatic heterocycles. The number of aryl methyl sites for hydroxylation is 1. The zero-order valence-electron chi connectivity index (χ0n) is 14.4. The van der Waals surface area contributed by atoms with Gasteiger partial charge in [-0.15, -0.1) is 0 Å². The number of benzene rings is 1. The zero-order valence-corrected chi connectivity index (χ0v) is 14.4. The lowest BCUT2D eigenvalue weighted by molar-refractivity contribution is 0.356. The maximum absolute atomic E-state index is 5.52. The Kier molecular flexibility index (Phi) is 4.19. The van der Waals surface area contributed by atoms with E-state index in [9.17, 15) is 0 Å². The molecule has 0 bridgehead atoms. The molecule has 0 amide bonds. The van der Waals surface area contributed by atoms with Gasteiger partial charge in [-0.3, -0.25) is 4.98 Å². The third-order valence-corrected chi connectivity index (χ3v) is 5.16. The molecule has 24 heavy (non-hydrogen) atoms. The van der Waals surface area contributed by atoms with Gasteiger partial charge in [0, 0.05) is 35.4 Å². The van der Waals surface area contributed by atoms with E-state index in [1.807, 2.05) is 6.07 Å². The van der Waals surface area contributed by atoms with Crippen molar-refractivity contribution in [3.8, 4) is 11.5 Å². The van der Waals surface area contributed by atoms with Crippen molar-refractivity contribution in [3.63, 3.8) is 0 Å². The summed E-state index contributed by atoms with van der Waals surface area (Å²) in [5.74, 6) is 1.50. The largest absolute Gasteiger partial charge is 0.493 e. The van der Waals surface area contributed by atoms with Gasteiger partial charge in [-0.05, 0) is 50.3 Å². The molecule has 2 N–H and O–H groups in total. The molecule has 2 aliphatic rings. The van der Waals surface area contributed by atoms with Gasteiger partial charge < -0.3 is 20.1 Å². The molecule has 5 nitrogen and oxygen atoms in total. The normalized spacial score (nSPS) is 20.0. The molecule has 5 heteroatoms. The van der Waals surface area contributed by atoms with Crippen LogP contribution in [0.25, 0.3) is 10.9 Å². The number of pyridine rings is 1. The van der Waals surface area contributed by atoms with Gasteiger partial charge in [0.05, 0.1) is 19.7 Å². The van der Waals surface area contributed by atoms with E-state index in [1.165, 1.54) is 36.2 Å². The van der Waals surface area contributed by atoms with Gasteiger partial charge in [0.25, 0.3) is 0 Å². The average Bonchev–Trinajstić information content (AvgIpc) is 3.09. The Morgan fingerprint density at radius 1 is 1.12 bits per heavy atom. The molecule has 1 aliphatic heterocycles. The smallest absolute Gasteiger partial charge is 0.162 e. The Bertz CT molecular complexity index is 754. The minimum Gasteiger partial charge on any atom is -0.493 e. The van der Waals surface area contributed by atoms with Crippen molar-refractivity contribution in [3.05, 3.63) is 23.4 Å². The van der Waals surface area contributed by atoms with Crippen LogP contribution in [0, 0.1) is 0 Å². The van der Waals surface area contributed by atoms with E-state index in [2.05, 4.69) is 16.7 Å². The van der Waals surface area contributed by atoms with Crippen molar-refractivity contribution in [2.24, 2.45) is 0 Å². The average molecular weight is 327 g/mol. The van der Waals surface area contributed by atoms with E-state index in [0.29, 0.717) is 6.04 Å². The lowest BCUT2D eigenvalue weighted by Crippen LogP contribution is -2.38. The third-order valence-electron chi connectivity index (χ3n) is 5.16. The monoisotopic (exact) mass is 327 g/mol. The highest BCUT2D eigenvalue weighted by Gasteiger charge is 2.23. The molecule has 0 saturated carbocycles. The first-order valence-corrected chi connectivity index (χ1v) is 8.85. The molecule has 1 fully saturated rings. The number of fused-ring (bicyclic) bond motifs is 2. The highest BCUT2D eigenvalue weighted by atomic mass is 16.5. The molecule has 0 radical (unpaired) electrons. The highest BCUT2D eigenvalue weighted by Crippen LogP contribution is 2.39. The number of nitrogens with zero attached hydrogens (tertiary/aromatic N) is 1. The molecular weight excluding hydrogens is 302 g/mol. The fraction of sp³-hybridized carbons (Fsp3) is 0.526. The summed E-state index contributed by atoms with van der Waals surface area (Å²) < 4.78 is 11.0. The summed E-state index contributed by atoms with van der Waals surface area (Å²) >= 11 is 0. The molecule has 0 unspecified atom stereocenters. The molecule has 2 heterocycles. The number of methoxy groups -OCH3 is 2. The SMILES string of the molecule is COc1cc2nc3c(c(N[C@@H]4CCCNC4)c2cc1OC)CCC3. The van der Waals surface area contributed by atoms with Gasteiger partial charge in [0.1, 0.15) is 0 Å². The van der Waals surface area contributed by atoms with Crippen LogP contribution in [0.3, 0.4) is 0 Å². The molecule has 2 aromatic rings. The number of aromatic nitrogens is 1. The fourth-order valence-corrected chi connectivity index (χ4v) is 3.93. The van der Waals surface area contributed by atoms with Crippen LogP contribution in [-0.4, -0.2) is 38.3 Å². The van der Waals surface area contributed by atoms with Gasteiger partial charge in [0.2, 0.25) is 0 Å². The van der Waals surface area contributed by atoms with E-state index in [0.717, 1.165) is 48.3 Å². The van der Waals surface area contributed by atoms with Crippen molar-refractivity contribution >= 4 is 16.6 Å². The number of hydrogen-bond donors (Lipinski definition) is 2. The van der Waals surface area contributed by atoms with E-state index < -0.39 is 0 Å². The third kappa shape index (κ3) is 2.67. The van der Waals surface area contributed by atoms with Crippen molar-refractivity contribution in [1.82, 2.24) is 10.3 Å². The maximum Gasteiger partial charge on any atom is 0.162 e. The number of piperidine rings is 1.